The van der Waals surface area contributed by atoms with Crippen molar-refractivity contribution < 1.29 is 4.79 Å². The zero-order valence-electron chi connectivity index (χ0n) is 11.5. The summed E-state index contributed by atoms with van der Waals surface area (Å²) >= 11 is 0. The molecule has 3 rings (SSSR count). The highest BCUT2D eigenvalue weighted by molar-refractivity contribution is 5.76. The van der Waals surface area contributed by atoms with Crippen molar-refractivity contribution >= 4 is 5.91 Å². The van der Waals surface area contributed by atoms with Gasteiger partial charge in [0.15, 0.2) is 0 Å². The molecule has 2 N–H and O–H groups in total. The molecule has 3 heteroatoms. The van der Waals surface area contributed by atoms with Crippen molar-refractivity contribution in [3.63, 3.8) is 0 Å². The van der Waals surface area contributed by atoms with Crippen molar-refractivity contribution in [2.24, 2.45) is 23.5 Å². The molecule has 3 nitrogen and oxygen atoms in total. The molecule has 3 fully saturated rings. The third-order valence-corrected chi connectivity index (χ3v) is 5.21. The Labute approximate surface area is 110 Å². The third-order valence-electron chi connectivity index (χ3n) is 5.21. The maximum absolute atomic E-state index is 12.4. The van der Waals surface area contributed by atoms with Crippen LogP contribution in [0.4, 0.5) is 0 Å². The van der Waals surface area contributed by atoms with E-state index in [2.05, 4.69) is 4.90 Å². The van der Waals surface area contributed by atoms with Gasteiger partial charge in [-0.05, 0) is 56.3 Å². The smallest absolute Gasteiger partial charge is 0.222 e. The molecule has 2 atom stereocenters. The van der Waals surface area contributed by atoms with Gasteiger partial charge in [0.25, 0.3) is 0 Å². The quantitative estimate of drug-likeness (QED) is 0.812. The van der Waals surface area contributed by atoms with E-state index in [1.54, 1.807) is 0 Å². The van der Waals surface area contributed by atoms with E-state index in [-0.39, 0.29) is 6.04 Å². The highest BCUT2D eigenvalue weighted by Gasteiger charge is 2.45. The fourth-order valence-corrected chi connectivity index (χ4v) is 3.75. The first-order chi connectivity index (χ1) is 8.66. The van der Waals surface area contributed by atoms with Crippen LogP contribution in [0.2, 0.25) is 0 Å². The number of rotatable bonds is 5. The molecule has 18 heavy (non-hydrogen) atoms. The molecule has 0 heterocycles. The Morgan fingerprint density at radius 3 is 2.22 bits per heavy atom. The standard InChI is InChI=1S/C15H26N2O/c1-17(15(10-5-6-10)11-7-8-11)14(18)9-12-3-2-4-13(12)16/h10-13,15H,2-9,16H2,1H3/t12-,13+/m0/s1. The van der Waals surface area contributed by atoms with Crippen molar-refractivity contribution in [1.29, 1.82) is 0 Å². The van der Waals surface area contributed by atoms with Gasteiger partial charge < -0.3 is 10.6 Å². The van der Waals surface area contributed by atoms with Crippen molar-refractivity contribution in [2.75, 3.05) is 7.05 Å². The maximum Gasteiger partial charge on any atom is 0.222 e. The lowest BCUT2D eigenvalue weighted by molar-refractivity contribution is -0.134. The average molecular weight is 250 g/mol. The molecule has 3 saturated carbocycles. The highest BCUT2D eigenvalue weighted by atomic mass is 16.2. The van der Waals surface area contributed by atoms with Crippen LogP contribution in [-0.4, -0.2) is 29.9 Å². The number of amides is 1. The summed E-state index contributed by atoms with van der Waals surface area (Å²) in [6.45, 7) is 0. The van der Waals surface area contributed by atoms with E-state index in [1.165, 1.54) is 32.1 Å². The predicted molar refractivity (Wildman–Crippen MR) is 71.9 cm³/mol. The van der Waals surface area contributed by atoms with Gasteiger partial charge in [0.2, 0.25) is 5.91 Å². The zero-order valence-corrected chi connectivity index (χ0v) is 11.5. The van der Waals surface area contributed by atoms with Crippen LogP contribution < -0.4 is 5.73 Å². The molecular weight excluding hydrogens is 224 g/mol. The van der Waals surface area contributed by atoms with Gasteiger partial charge in [-0.25, -0.2) is 0 Å². The van der Waals surface area contributed by atoms with Crippen LogP contribution in [0.25, 0.3) is 0 Å². The van der Waals surface area contributed by atoms with Gasteiger partial charge >= 0.3 is 0 Å². The van der Waals surface area contributed by atoms with Crippen LogP contribution in [-0.2, 0) is 4.79 Å². The van der Waals surface area contributed by atoms with Gasteiger partial charge in [-0.2, -0.15) is 0 Å². The fourth-order valence-electron chi connectivity index (χ4n) is 3.75. The molecule has 0 radical (unpaired) electrons. The first-order valence-corrected chi connectivity index (χ1v) is 7.68. The lowest BCUT2D eigenvalue weighted by atomic mass is 9.98. The summed E-state index contributed by atoms with van der Waals surface area (Å²) in [5.41, 5.74) is 6.08. The Balaban J connectivity index is 1.56. The Bertz CT molecular complexity index is 310. The van der Waals surface area contributed by atoms with E-state index in [1.807, 2.05) is 7.05 Å². The highest BCUT2D eigenvalue weighted by Crippen LogP contribution is 2.47. The van der Waals surface area contributed by atoms with E-state index in [0.29, 0.717) is 24.3 Å². The minimum Gasteiger partial charge on any atom is -0.342 e. The van der Waals surface area contributed by atoms with Gasteiger partial charge in [0.05, 0.1) is 0 Å². The molecule has 0 aromatic rings. The summed E-state index contributed by atoms with van der Waals surface area (Å²) in [6, 6.07) is 0.817. The Hall–Kier alpha value is -0.570. The predicted octanol–water partition coefficient (Wildman–Crippen LogP) is 2.15. The molecular formula is C15H26N2O. The number of nitrogens with two attached hydrogens (primary N) is 1. The van der Waals surface area contributed by atoms with Gasteiger partial charge in [-0.15, -0.1) is 0 Å². The molecule has 0 aliphatic heterocycles. The Morgan fingerprint density at radius 2 is 1.78 bits per heavy atom. The lowest BCUT2D eigenvalue weighted by Gasteiger charge is -2.30. The lowest BCUT2D eigenvalue weighted by Crippen LogP contribution is -2.41. The van der Waals surface area contributed by atoms with Gasteiger partial charge in [-0.1, -0.05) is 6.42 Å². The van der Waals surface area contributed by atoms with E-state index >= 15 is 0 Å². The van der Waals surface area contributed by atoms with Crippen molar-refractivity contribution in [3.8, 4) is 0 Å². The molecule has 0 spiro atoms. The van der Waals surface area contributed by atoms with E-state index in [9.17, 15) is 4.79 Å². The minimum absolute atomic E-state index is 0.266. The number of hydrogen-bond acceptors (Lipinski definition) is 2. The largest absolute Gasteiger partial charge is 0.342 e. The van der Waals surface area contributed by atoms with Crippen LogP contribution >= 0.6 is 0 Å². The topological polar surface area (TPSA) is 46.3 Å². The van der Waals surface area contributed by atoms with Gasteiger partial charge in [0.1, 0.15) is 0 Å². The van der Waals surface area contributed by atoms with Crippen molar-refractivity contribution in [1.82, 2.24) is 4.90 Å². The zero-order chi connectivity index (χ0) is 12.7. The monoisotopic (exact) mass is 250 g/mol. The molecule has 0 aromatic heterocycles. The molecule has 102 valence electrons. The molecule has 0 unspecified atom stereocenters. The molecule has 0 aromatic carbocycles. The minimum atomic E-state index is 0.266. The van der Waals surface area contributed by atoms with Crippen LogP contribution in [0.5, 0.6) is 0 Å². The average Bonchev–Trinajstić information content (AvgIpc) is 3.23. The summed E-state index contributed by atoms with van der Waals surface area (Å²) in [4.78, 5) is 14.5. The van der Waals surface area contributed by atoms with Crippen LogP contribution in [0.1, 0.15) is 51.4 Å². The van der Waals surface area contributed by atoms with Crippen molar-refractivity contribution in [3.05, 3.63) is 0 Å². The number of hydrogen-bond donors (Lipinski definition) is 1. The second kappa shape index (κ2) is 4.84. The van der Waals surface area contributed by atoms with Gasteiger partial charge in [-0.3, -0.25) is 4.79 Å². The summed E-state index contributed by atoms with van der Waals surface area (Å²) < 4.78 is 0. The molecule has 3 aliphatic rings. The fraction of sp³-hybridized carbons (Fsp3) is 0.933. The Kier molecular flexibility index (Phi) is 3.35. The van der Waals surface area contributed by atoms with E-state index in [0.717, 1.165) is 24.7 Å². The molecule has 3 aliphatic carbocycles. The maximum atomic E-state index is 12.4. The van der Waals surface area contributed by atoms with E-state index < -0.39 is 0 Å². The molecule has 0 bridgehead atoms. The second-order valence-corrected chi connectivity index (χ2v) is 6.73. The molecule has 0 saturated heterocycles. The second-order valence-electron chi connectivity index (χ2n) is 6.73. The Morgan fingerprint density at radius 1 is 1.17 bits per heavy atom. The van der Waals surface area contributed by atoms with Crippen LogP contribution in [0.3, 0.4) is 0 Å². The van der Waals surface area contributed by atoms with Crippen LogP contribution in [0.15, 0.2) is 0 Å². The summed E-state index contributed by atoms with van der Waals surface area (Å²) in [6.07, 6.45) is 9.49. The number of nitrogens with zero attached hydrogens (tertiary/aromatic N) is 1. The number of carbonyl (C=O) groups is 1. The third kappa shape index (κ3) is 2.56. The molecule has 1 amide bonds. The van der Waals surface area contributed by atoms with Crippen LogP contribution in [0, 0.1) is 17.8 Å². The first kappa shape index (κ1) is 12.5. The summed E-state index contributed by atoms with van der Waals surface area (Å²) in [7, 11) is 2.03. The van der Waals surface area contributed by atoms with Crippen molar-refractivity contribution in [2.45, 2.75) is 63.5 Å². The normalized spacial score (nSPS) is 31.9. The number of carbonyl (C=O) groups excluding carboxylic acids is 1. The SMILES string of the molecule is CN(C(=O)C[C@@H]1CCC[C@H]1N)C(C1CC1)C1CC1. The van der Waals surface area contributed by atoms with Gasteiger partial charge in [0, 0.05) is 25.6 Å². The summed E-state index contributed by atoms with van der Waals surface area (Å²) in [5.74, 6) is 2.41. The summed E-state index contributed by atoms with van der Waals surface area (Å²) in [5, 5.41) is 0. The van der Waals surface area contributed by atoms with E-state index in [4.69, 9.17) is 5.73 Å². The first-order valence-electron chi connectivity index (χ1n) is 7.68.